The second-order valence-electron chi connectivity index (χ2n) is 2.54. The van der Waals surface area contributed by atoms with Crippen LogP contribution < -0.4 is 5.43 Å². The van der Waals surface area contributed by atoms with E-state index >= 15 is 0 Å². The predicted molar refractivity (Wildman–Crippen MR) is 64.1 cm³/mol. The third-order valence-electron chi connectivity index (χ3n) is 1.50. The molecule has 0 spiro atoms. The Balaban J connectivity index is 3.05. The monoisotopic (exact) mass is 344 g/mol. The van der Waals surface area contributed by atoms with Gasteiger partial charge in [0.25, 0.3) is 0 Å². The largest absolute Gasteiger partial charge is 0.272 e. The number of benzene rings is 1. The van der Waals surface area contributed by atoms with Gasteiger partial charge in [-0.2, -0.15) is 15.6 Å². The first-order chi connectivity index (χ1) is 7.58. The Morgan fingerprint density at radius 3 is 2.44 bits per heavy atom. The second kappa shape index (κ2) is 5.59. The number of nitriles is 2. The normalized spacial score (nSPS) is 8.81. The van der Waals surface area contributed by atoms with Gasteiger partial charge >= 0.3 is 0 Å². The summed E-state index contributed by atoms with van der Waals surface area (Å²) in [5, 5.41) is 20.3. The number of hydrogen-bond acceptors (Lipinski definition) is 4. The highest BCUT2D eigenvalue weighted by atomic mass is 79.9. The van der Waals surface area contributed by atoms with Gasteiger partial charge < -0.3 is 0 Å². The van der Waals surface area contributed by atoms with Gasteiger partial charge in [-0.15, -0.1) is 0 Å². The zero-order valence-electron chi connectivity index (χ0n) is 7.63. The molecule has 0 aliphatic rings. The number of hydrazone groups is 1. The van der Waals surface area contributed by atoms with E-state index in [1.54, 1.807) is 18.2 Å². The standard InChI is InChI=1S/C9H3Br2FN4/c10-5-1-7(11)9(8(12)2-5)16-15-6(3-13)4-14/h1-2,16H. The van der Waals surface area contributed by atoms with Gasteiger partial charge in [0.05, 0.1) is 0 Å². The van der Waals surface area contributed by atoms with Crippen molar-refractivity contribution in [3.05, 3.63) is 26.9 Å². The molecule has 0 heterocycles. The lowest BCUT2D eigenvalue weighted by molar-refractivity contribution is 0.629. The minimum Gasteiger partial charge on any atom is -0.272 e. The molecule has 1 aromatic rings. The van der Waals surface area contributed by atoms with Crippen molar-refractivity contribution in [2.45, 2.75) is 0 Å². The molecule has 1 aromatic carbocycles. The van der Waals surface area contributed by atoms with Crippen molar-refractivity contribution in [1.82, 2.24) is 0 Å². The van der Waals surface area contributed by atoms with E-state index in [2.05, 4.69) is 42.4 Å². The highest BCUT2D eigenvalue weighted by Gasteiger charge is 2.08. The lowest BCUT2D eigenvalue weighted by Gasteiger charge is -2.05. The highest BCUT2D eigenvalue weighted by molar-refractivity contribution is 9.11. The molecule has 4 nitrogen and oxygen atoms in total. The van der Waals surface area contributed by atoms with Crippen LogP contribution in [0.15, 0.2) is 26.2 Å². The molecule has 0 aliphatic carbocycles. The topological polar surface area (TPSA) is 72.0 Å². The van der Waals surface area contributed by atoms with Crippen molar-refractivity contribution >= 4 is 43.3 Å². The summed E-state index contributed by atoms with van der Waals surface area (Å²) in [6.45, 7) is 0. The van der Waals surface area contributed by atoms with Gasteiger partial charge in [0.15, 0.2) is 0 Å². The molecule has 0 aromatic heterocycles. The van der Waals surface area contributed by atoms with Crippen molar-refractivity contribution in [2.24, 2.45) is 5.10 Å². The summed E-state index contributed by atoms with van der Waals surface area (Å²) in [5.74, 6) is -0.555. The zero-order valence-corrected chi connectivity index (χ0v) is 10.8. The van der Waals surface area contributed by atoms with E-state index in [4.69, 9.17) is 10.5 Å². The van der Waals surface area contributed by atoms with E-state index in [-0.39, 0.29) is 11.4 Å². The Kier molecular flexibility index (Phi) is 4.41. The lowest BCUT2D eigenvalue weighted by Crippen LogP contribution is -1.99. The van der Waals surface area contributed by atoms with Crippen molar-refractivity contribution in [3.8, 4) is 12.1 Å². The highest BCUT2D eigenvalue weighted by Crippen LogP contribution is 2.29. The first-order valence-corrected chi connectivity index (χ1v) is 5.45. The zero-order chi connectivity index (χ0) is 12.1. The maximum atomic E-state index is 13.4. The van der Waals surface area contributed by atoms with Crippen LogP contribution in [0, 0.1) is 28.5 Å². The van der Waals surface area contributed by atoms with Gasteiger partial charge in [-0.3, -0.25) is 5.43 Å². The maximum Gasteiger partial charge on any atom is 0.237 e. The number of hydrogen-bond donors (Lipinski definition) is 1. The third kappa shape index (κ3) is 3.02. The number of rotatable bonds is 2. The summed E-state index contributed by atoms with van der Waals surface area (Å²) in [6.07, 6.45) is 0. The molecule has 0 saturated heterocycles. The van der Waals surface area contributed by atoms with Gasteiger partial charge in [-0.05, 0) is 28.1 Å². The average molecular weight is 346 g/mol. The molecule has 7 heteroatoms. The summed E-state index contributed by atoms with van der Waals surface area (Å²) in [6, 6.07) is 5.95. The molecule has 16 heavy (non-hydrogen) atoms. The predicted octanol–water partition coefficient (Wildman–Crippen LogP) is 3.17. The first-order valence-electron chi connectivity index (χ1n) is 3.87. The molecule has 0 unspecified atom stereocenters. The van der Waals surface area contributed by atoms with Crippen LogP contribution in [-0.2, 0) is 0 Å². The van der Waals surface area contributed by atoms with Crippen LogP contribution in [0.3, 0.4) is 0 Å². The second-order valence-corrected chi connectivity index (χ2v) is 4.31. The van der Waals surface area contributed by atoms with E-state index in [1.165, 1.54) is 6.07 Å². The summed E-state index contributed by atoms with van der Waals surface area (Å²) in [4.78, 5) is 0. The Hall–Kier alpha value is -1.44. The van der Waals surface area contributed by atoms with Crippen LogP contribution in [0.25, 0.3) is 0 Å². The summed E-state index contributed by atoms with van der Waals surface area (Å²) >= 11 is 6.24. The molecule has 0 amide bonds. The Bertz CT molecular complexity index is 488. The smallest absolute Gasteiger partial charge is 0.237 e. The SMILES string of the molecule is N#CC(C#N)=NNc1c(F)cc(Br)cc1Br. The summed E-state index contributed by atoms with van der Waals surface area (Å²) < 4.78 is 14.4. The number of anilines is 1. The van der Waals surface area contributed by atoms with Gasteiger partial charge in [0.2, 0.25) is 5.71 Å². The maximum absolute atomic E-state index is 13.4. The van der Waals surface area contributed by atoms with E-state index in [0.717, 1.165) is 0 Å². The third-order valence-corrected chi connectivity index (χ3v) is 2.58. The number of nitrogens with one attached hydrogen (secondary N) is 1. The molecule has 0 radical (unpaired) electrons. The minimum absolute atomic E-state index is 0.0613. The van der Waals surface area contributed by atoms with E-state index in [1.807, 2.05) is 0 Å². The van der Waals surface area contributed by atoms with Crippen molar-refractivity contribution < 1.29 is 4.39 Å². The van der Waals surface area contributed by atoms with Crippen LogP contribution in [0.1, 0.15) is 0 Å². The molecular formula is C9H3Br2FN4. The lowest BCUT2D eigenvalue weighted by atomic mass is 10.3. The van der Waals surface area contributed by atoms with Crippen molar-refractivity contribution in [2.75, 3.05) is 5.43 Å². The van der Waals surface area contributed by atoms with Gasteiger partial charge in [0.1, 0.15) is 23.6 Å². The average Bonchev–Trinajstić information content (AvgIpc) is 2.22. The Labute approximate surface area is 108 Å². The van der Waals surface area contributed by atoms with E-state index < -0.39 is 5.82 Å². The molecule has 1 rings (SSSR count). The molecule has 0 atom stereocenters. The first kappa shape index (κ1) is 12.6. The fraction of sp³-hybridized carbons (Fsp3) is 0. The molecule has 0 fully saturated rings. The molecule has 1 N–H and O–H groups in total. The van der Waals surface area contributed by atoms with Gasteiger partial charge in [0, 0.05) is 8.95 Å². The fourth-order valence-corrected chi connectivity index (χ4v) is 2.10. The van der Waals surface area contributed by atoms with E-state index in [9.17, 15) is 4.39 Å². The molecule has 0 aliphatic heterocycles. The Morgan fingerprint density at radius 2 is 1.94 bits per heavy atom. The van der Waals surface area contributed by atoms with Gasteiger partial charge in [-0.1, -0.05) is 15.9 Å². The summed E-state index contributed by atoms with van der Waals surface area (Å²) in [7, 11) is 0. The Morgan fingerprint density at radius 1 is 1.31 bits per heavy atom. The molecule has 0 saturated carbocycles. The molecule has 80 valence electrons. The van der Waals surface area contributed by atoms with Crippen LogP contribution in [0.4, 0.5) is 10.1 Å². The fourth-order valence-electron chi connectivity index (χ4n) is 0.836. The number of nitrogens with zero attached hydrogens (tertiary/aromatic N) is 3. The van der Waals surface area contributed by atoms with Crippen LogP contribution >= 0.6 is 31.9 Å². The van der Waals surface area contributed by atoms with Crippen molar-refractivity contribution in [1.29, 1.82) is 10.5 Å². The van der Waals surface area contributed by atoms with Crippen LogP contribution in [0.2, 0.25) is 0 Å². The van der Waals surface area contributed by atoms with E-state index in [0.29, 0.717) is 8.95 Å². The minimum atomic E-state index is -0.555. The molecule has 0 bridgehead atoms. The summed E-state index contributed by atoms with van der Waals surface area (Å²) in [5.41, 5.74) is 1.99. The van der Waals surface area contributed by atoms with Crippen molar-refractivity contribution in [3.63, 3.8) is 0 Å². The number of halogens is 3. The molecular weight excluding hydrogens is 343 g/mol. The van der Waals surface area contributed by atoms with Gasteiger partial charge in [-0.25, -0.2) is 4.39 Å². The van der Waals surface area contributed by atoms with Crippen LogP contribution in [0.5, 0.6) is 0 Å². The quantitative estimate of drug-likeness (QED) is 0.661. The van der Waals surface area contributed by atoms with Crippen LogP contribution in [-0.4, -0.2) is 5.71 Å².